The molecule has 0 bridgehead atoms. The SMILES string of the molecule is C=CCCC(C)N(N)C(=O)C1=CC(NCCNCCCCCCCC=O)CC=C1N. The van der Waals surface area contributed by atoms with E-state index >= 15 is 0 Å². The summed E-state index contributed by atoms with van der Waals surface area (Å²) in [5, 5.41) is 8.17. The number of nitrogens with zero attached hydrogens (tertiary/aromatic N) is 1. The zero-order valence-corrected chi connectivity index (χ0v) is 18.6. The number of carbonyl (C=O) groups is 2. The summed E-state index contributed by atoms with van der Waals surface area (Å²) in [5.74, 6) is 5.80. The van der Waals surface area contributed by atoms with Gasteiger partial charge in [-0.25, -0.2) is 5.84 Å². The molecule has 0 saturated heterocycles. The highest BCUT2D eigenvalue weighted by atomic mass is 16.2. The van der Waals surface area contributed by atoms with Crippen LogP contribution >= 0.6 is 0 Å². The molecule has 0 fully saturated rings. The highest BCUT2D eigenvalue weighted by Gasteiger charge is 2.24. The number of unbranched alkanes of at least 4 members (excludes halogenated alkanes) is 5. The zero-order valence-electron chi connectivity index (χ0n) is 18.6. The Morgan fingerprint density at radius 1 is 1.23 bits per heavy atom. The van der Waals surface area contributed by atoms with E-state index in [2.05, 4.69) is 17.2 Å². The molecule has 30 heavy (non-hydrogen) atoms. The second-order valence-corrected chi connectivity index (χ2v) is 7.94. The van der Waals surface area contributed by atoms with E-state index in [1.165, 1.54) is 17.9 Å². The van der Waals surface area contributed by atoms with Crippen LogP contribution in [0.5, 0.6) is 0 Å². The Morgan fingerprint density at radius 2 is 1.97 bits per heavy atom. The first-order valence-electron chi connectivity index (χ1n) is 11.3. The summed E-state index contributed by atoms with van der Waals surface area (Å²) in [7, 11) is 0. The molecular weight excluding hydrogens is 378 g/mol. The molecule has 7 heteroatoms. The lowest BCUT2D eigenvalue weighted by atomic mass is 9.98. The number of allylic oxidation sites excluding steroid dienone is 1. The van der Waals surface area contributed by atoms with Crippen molar-refractivity contribution in [3.63, 3.8) is 0 Å². The number of aldehydes is 1. The molecule has 0 aromatic rings. The Bertz CT molecular complexity index is 588. The molecule has 6 N–H and O–H groups in total. The maximum atomic E-state index is 12.7. The molecule has 1 amide bonds. The van der Waals surface area contributed by atoms with Crippen LogP contribution in [0.1, 0.15) is 64.7 Å². The lowest BCUT2D eigenvalue weighted by Crippen LogP contribution is -2.46. The summed E-state index contributed by atoms with van der Waals surface area (Å²) in [4.78, 5) is 23.0. The van der Waals surface area contributed by atoms with Gasteiger partial charge in [0.1, 0.15) is 6.29 Å². The van der Waals surface area contributed by atoms with Crippen LogP contribution in [0.25, 0.3) is 0 Å². The third-order valence-electron chi connectivity index (χ3n) is 5.38. The van der Waals surface area contributed by atoms with Crippen LogP contribution in [0.3, 0.4) is 0 Å². The van der Waals surface area contributed by atoms with Gasteiger partial charge >= 0.3 is 0 Å². The lowest BCUT2D eigenvalue weighted by Gasteiger charge is -2.27. The van der Waals surface area contributed by atoms with Gasteiger partial charge in [-0.3, -0.25) is 9.80 Å². The van der Waals surface area contributed by atoms with Gasteiger partial charge < -0.3 is 21.2 Å². The molecule has 2 unspecified atom stereocenters. The molecule has 0 aromatic carbocycles. The zero-order chi connectivity index (χ0) is 22.2. The molecule has 1 rings (SSSR count). The topological polar surface area (TPSA) is 113 Å². The predicted octanol–water partition coefficient (Wildman–Crippen LogP) is 2.30. The third-order valence-corrected chi connectivity index (χ3v) is 5.38. The van der Waals surface area contributed by atoms with E-state index in [0.717, 1.165) is 64.4 Å². The fourth-order valence-electron chi connectivity index (χ4n) is 3.38. The normalized spacial score (nSPS) is 17.1. The maximum absolute atomic E-state index is 12.7. The summed E-state index contributed by atoms with van der Waals surface area (Å²) in [6.45, 7) is 8.33. The van der Waals surface area contributed by atoms with Crippen molar-refractivity contribution in [3.05, 3.63) is 36.1 Å². The average molecular weight is 420 g/mol. The molecular formula is C23H41N5O2. The van der Waals surface area contributed by atoms with Crippen molar-refractivity contribution in [2.24, 2.45) is 11.6 Å². The Morgan fingerprint density at radius 3 is 2.70 bits per heavy atom. The second-order valence-electron chi connectivity index (χ2n) is 7.94. The Labute approximate surface area is 182 Å². The van der Waals surface area contributed by atoms with Crippen molar-refractivity contribution in [2.75, 3.05) is 19.6 Å². The van der Waals surface area contributed by atoms with Gasteiger partial charge in [-0.15, -0.1) is 6.58 Å². The summed E-state index contributed by atoms with van der Waals surface area (Å²) >= 11 is 0. The van der Waals surface area contributed by atoms with Crippen LogP contribution in [0.2, 0.25) is 0 Å². The molecule has 1 aliphatic rings. The van der Waals surface area contributed by atoms with E-state index in [0.29, 0.717) is 17.7 Å². The second kappa shape index (κ2) is 15.8. The van der Waals surface area contributed by atoms with Gasteiger partial charge in [-0.05, 0) is 45.6 Å². The molecule has 170 valence electrons. The lowest BCUT2D eigenvalue weighted by molar-refractivity contribution is -0.129. The monoisotopic (exact) mass is 419 g/mol. The minimum Gasteiger partial charge on any atom is -0.398 e. The van der Waals surface area contributed by atoms with Crippen LogP contribution < -0.4 is 22.2 Å². The fraction of sp³-hybridized carbons (Fsp3) is 0.652. The number of hydrogen-bond donors (Lipinski definition) is 4. The van der Waals surface area contributed by atoms with E-state index in [9.17, 15) is 9.59 Å². The number of nitrogens with one attached hydrogen (secondary N) is 2. The van der Waals surface area contributed by atoms with E-state index in [1.807, 2.05) is 25.2 Å². The molecule has 0 spiro atoms. The quantitative estimate of drug-likeness (QED) is 0.0718. The summed E-state index contributed by atoms with van der Waals surface area (Å²) in [5.41, 5.74) is 7.03. The number of hydrazine groups is 1. The molecule has 2 atom stereocenters. The van der Waals surface area contributed by atoms with Crippen molar-refractivity contribution < 1.29 is 9.59 Å². The van der Waals surface area contributed by atoms with Crippen molar-refractivity contribution in [1.29, 1.82) is 0 Å². The Balaban J connectivity index is 2.29. The smallest absolute Gasteiger partial charge is 0.269 e. The van der Waals surface area contributed by atoms with E-state index < -0.39 is 0 Å². The van der Waals surface area contributed by atoms with Crippen LogP contribution in [-0.2, 0) is 9.59 Å². The van der Waals surface area contributed by atoms with Gasteiger partial charge in [0, 0.05) is 37.3 Å². The first-order chi connectivity index (χ1) is 14.5. The number of amides is 1. The van der Waals surface area contributed by atoms with Crippen LogP contribution in [-0.4, -0.2) is 48.9 Å². The molecule has 0 aromatic heterocycles. The minimum absolute atomic E-state index is 0.0766. The van der Waals surface area contributed by atoms with Gasteiger partial charge in [0.25, 0.3) is 5.91 Å². The molecule has 0 heterocycles. The third kappa shape index (κ3) is 10.2. The van der Waals surface area contributed by atoms with Crippen molar-refractivity contribution in [2.45, 2.75) is 76.8 Å². The highest BCUT2D eigenvalue weighted by molar-refractivity contribution is 5.97. The highest BCUT2D eigenvalue weighted by Crippen LogP contribution is 2.18. The van der Waals surface area contributed by atoms with Crippen molar-refractivity contribution >= 4 is 12.2 Å². The summed E-state index contributed by atoms with van der Waals surface area (Å²) in [6.07, 6.45) is 15.3. The van der Waals surface area contributed by atoms with E-state index in [1.54, 1.807) is 0 Å². The standard InChI is InChI=1S/C23H41N5O2/c1-3-4-11-19(2)28(25)23(30)21-18-20(12-13-22(21)24)27-16-15-26-14-9-7-5-6-8-10-17-29/h3,13,17-20,26-27H,1,4-12,14-16,24-25H2,2H3. The van der Waals surface area contributed by atoms with Crippen LogP contribution in [0.15, 0.2) is 36.1 Å². The Kier molecular flexibility index (Phi) is 13.8. The molecule has 0 radical (unpaired) electrons. The average Bonchev–Trinajstić information content (AvgIpc) is 2.75. The van der Waals surface area contributed by atoms with Crippen molar-refractivity contribution in [3.8, 4) is 0 Å². The first-order valence-corrected chi connectivity index (χ1v) is 11.3. The maximum Gasteiger partial charge on any atom is 0.269 e. The van der Waals surface area contributed by atoms with Crippen molar-refractivity contribution in [1.82, 2.24) is 15.6 Å². The first kappa shape index (κ1) is 26.1. The molecule has 1 aliphatic carbocycles. The van der Waals surface area contributed by atoms with Gasteiger partial charge in [0.05, 0.1) is 5.57 Å². The van der Waals surface area contributed by atoms with Gasteiger partial charge in [0.2, 0.25) is 0 Å². The van der Waals surface area contributed by atoms with E-state index in [-0.39, 0.29) is 18.0 Å². The molecule has 7 nitrogen and oxygen atoms in total. The Hall–Kier alpha value is -1.96. The van der Waals surface area contributed by atoms with Gasteiger partial charge in [-0.2, -0.15) is 0 Å². The van der Waals surface area contributed by atoms with E-state index in [4.69, 9.17) is 11.6 Å². The number of nitrogens with two attached hydrogens (primary N) is 2. The predicted molar refractivity (Wildman–Crippen MR) is 123 cm³/mol. The largest absolute Gasteiger partial charge is 0.398 e. The molecule has 0 saturated carbocycles. The van der Waals surface area contributed by atoms with Crippen LogP contribution in [0.4, 0.5) is 0 Å². The number of carbonyl (C=O) groups excluding carboxylic acids is 2. The van der Waals surface area contributed by atoms with Gasteiger partial charge in [0.15, 0.2) is 0 Å². The molecule has 0 aliphatic heterocycles. The van der Waals surface area contributed by atoms with Crippen LogP contribution in [0, 0.1) is 0 Å². The minimum atomic E-state index is -0.238. The fourth-order valence-corrected chi connectivity index (χ4v) is 3.38. The number of rotatable bonds is 17. The number of hydrogen-bond acceptors (Lipinski definition) is 6. The summed E-state index contributed by atoms with van der Waals surface area (Å²) < 4.78 is 0. The summed E-state index contributed by atoms with van der Waals surface area (Å²) in [6, 6.07) is -0.000457. The van der Waals surface area contributed by atoms with Gasteiger partial charge in [-0.1, -0.05) is 37.5 Å².